The van der Waals surface area contributed by atoms with Crippen LogP contribution in [0.25, 0.3) is 10.1 Å². The molecule has 2 aromatic rings. The van der Waals surface area contributed by atoms with E-state index in [-0.39, 0.29) is 5.91 Å². The van der Waals surface area contributed by atoms with Gasteiger partial charge in [0.1, 0.15) is 0 Å². The second-order valence-corrected chi connectivity index (χ2v) is 7.84. The highest BCUT2D eigenvalue weighted by Crippen LogP contribution is 2.36. The van der Waals surface area contributed by atoms with Crippen LogP contribution in [0.4, 0.5) is 0 Å². The van der Waals surface area contributed by atoms with E-state index in [1.54, 1.807) is 11.3 Å². The lowest BCUT2D eigenvalue weighted by Gasteiger charge is -2.33. The first-order valence-corrected chi connectivity index (χ1v) is 9.44. The normalized spacial score (nSPS) is 23.3. The van der Waals surface area contributed by atoms with Gasteiger partial charge in [0.15, 0.2) is 0 Å². The first-order valence-electron chi connectivity index (χ1n) is 8.62. The van der Waals surface area contributed by atoms with E-state index in [2.05, 4.69) is 23.1 Å². The van der Waals surface area contributed by atoms with Crippen molar-refractivity contribution in [2.45, 2.75) is 51.0 Å². The molecular formula is C19H23NOS. The summed E-state index contributed by atoms with van der Waals surface area (Å²) in [4.78, 5) is 16.1. The first-order chi connectivity index (χ1) is 10.8. The fraction of sp³-hybridized carbons (Fsp3) is 0.526. The third-order valence-electron chi connectivity index (χ3n) is 5.39. The van der Waals surface area contributed by atoms with Crippen LogP contribution in [0.1, 0.15) is 54.6 Å². The number of hydrogen-bond donors (Lipinski definition) is 0. The molecule has 0 unspecified atom stereocenters. The number of nitrogens with zero attached hydrogens (tertiary/aromatic N) is 1. The topological polar surface area (TPSA) is 20.3 Å². The quantitative estimate of drug-likeness (QED) is 0.756. The Kier molecular flexibility index (Phi) is 3.91. The Labute approximate surface area is 136 Å². The lowest BCUT2D eigenvalue weighted by Crippen LogP contribution is -2.40. The van der Waals surface area contributed by atoms with Crippen molar-refractivity contribution in [3.05, 3.63) is 35.2 Å². The molecular weight excluding hydrogens is 290 g/mol. The molecule has 4 rings (SSSR count). The minimum absolute atomic E-state index is 0.272. The van der Waals surface area contributed by atoms with Crippen molar-refractivity contribution < 1.29 is 4.79 Å². The average molecular weight is 313 g/mol. The predicted molar refractivity (Wildman–Crippen MR) is 92.5 cm³/mol. The Morgan fingerprint density at radius 3 is 2.68 bits per heavy atom. The highest BCUT2D eigenvalue weighted by Gasteiger charge is 2.35. The molecule has 1 aromatic carbocycles. The van der Waals surface area contributed by atoms with E-state index in [0.717, 1.165) is 17.3 Å². The molecule has 2 aliphatic rings. The molecule has 1 aromatic heterocycles. The van der Waals surface area contributed by atoms with Gasteiger partial charge in [-0.3, -0.25) is 4.79 Å². The molecule has 2 nitrogen and oxygen atoms in total. The fourth-order valence-corrected chi connectivity index (χ4v) is 5.30. The number of rotatable bonds is 2. The van der Waals surface area contributed by atoms with E-state index in [4.69, 9.17) is 0 Å². The number of hydrogen-bond acceptors (Lipinski definition) is 2. The van der Waals surface area contributed by atoms with Gasteiger partial charge >= 0.3 is 0 Å². The zero-order valence-electron chi connectivity index (χ0n) is 13.0. The van der Waals surface area contributed by atoms with E-state index in [1.165, 1.54) is 55.0 Å². The number of amides is 1. The standard InChI is InChI=1S/C19H23NOS/c21-19(18-13-15-9-4-5-11-17(15)22-18)20-12-6-10-16(20)14-7-2-1-3-8-14/h4-5,9,11,13-14,16H,1-3,6-8,10,12H2/t16-/m1/s1. The Bertz CT molecular complexity index is 638. The summed E-state index contributed by atoms with van der Waals surface area (Å²) < 4.78 is 1.22. The molecule has 1 aliphatic carbocycles. The maximum absolute atomic E-state index is 13.0. The number of carbonyl (C=O) groups excluding carboxylic acids is 1. The van der Waals surface area contributed by atoms with Crippen LogP contribution in [-0.2, 0) is 0 Å². The van der Waals surface area contributed by atoms with Crippen LogP contribution in [0.3, 0.4) is 0 Å². The smallest absolute Gasteiger partial charge is 0.264 e. The van der Waals surface area contributed by atoms with E-state index in [0.29, 0.717) is 6.04 Å². The summed E-state index contributed by atoms with van der Waals surface area (Å²) >= 11 is 1.65. The molecule has 2 heterocycles. The molecule has 0 spiro atoms. The van der Waals surface area contributed by atoms with Crippen LogP contribution in [0.5, 0.6) is 0 Å². The predicted octanol–water partition coefficient (Wildman–Crippen LogP) is 5.09. The van der Waals surface area contributed by atoms with Crippen molar-refractivity contribution in [2.75, 3.05) is 6.54 Å². The Morgan fingerprint density at radius 2 is 1.86 bits per heavy atom. The largest absolute Gasteiger partial charge is 0.335 e. The van der Waals surface area contributed by atoms with Crippen LogP contribution in [0.2, 0.25) is 0 Å². The summed E-state index contributed by atoms with van der Waals surface area (Å²) in [5, 5.41) is 1.20. The number of fused-ring (bicyclic) bond motifs is 1. The molecule has 1 aliphatic heterocycles. The molecule has 2 fully saturated rings. The van der Waals surface area contributed by atoms with Gasteiger partial charge in [-0.15, -0.1) is 11.3 Å². The van der Waals surface area contributed by atoms with Gasteiger partial charge in [-0.05, 0) is 49.1 Å². The second kappa shape index (κ2) is 6.04. The Hall–Kier alpha value is -1.35. The monoisotopic (exact) mass is 313 g/mol. The van der Waals surface area contributed by atoms with Gasteiger partial charge in [0.05, 0.1) is 4.88 Å². The lowest BCUT2D eigenvalue weighted by atomic mass is 9.83. The fourth-order valence-electron chi connectivity index (χ4n) is 4.28. The summed E-state index contributed by atoms with van der Waals surface area (Å²) in [6, 6.07) is 10.9. The van der Waals surface area contributed by atoms with Crippen molar-refractivity contribution in [1.82, 2.24) is 4.90 Å². The first kappa shape index (κ1) is 14.3. The van der Waals surface area contributed by atoms with Gasteiger partial charge in [0.2, 0.25) is 0 Å². The van der Waals surface area contributed by atoms with Crippen LogP contribution in [0.15, 0.2) is 30.3 Å². The summed E-state index contributed by atoms with van der Waals surface area (Å²) in [5.74, 6) is 1.02. The zero-order valence-corrected chi connectivity index (χ0v) is 13.8. The molecule has 1 saturated heterocycles. The van der Waals surface area contributed by atoms with Crippen LogP contribution in [0, 0.1) is 5.92 Å². The number of thiophene rings is 1. The molecule has 0 bridgehead atoms. The molecule has 0 radical (unpaired) electrons. The Morgan fingerprint density at radius 1 is 1.05 bits per heavy atom. The van der Waals surface area contributed by atoms with Gasteiger partial charge in [-0.25, -0.2) is 0 Å². The van der Waals surface area contributed by atoms with Crippen molar-refractivity contribution in [3.8, 4) is 0 Å². The molecule has 1 saturated carbocycles. The van der Waals surface area contributed by atoms with Gasteiger partial charge in [0.25, 0.3) is 5.91 Å². The van der Waals surface area contributed by atoms with Gasteiger partial charge in [-0.1, -0.05) is 37.5 Å². The lowest BCUT2D eigenvalue weighted by molar-refractivity contribution is 0.0666. The second-order valence-electron chi connectivity index (χ2n) is 6.75. The van der Waals surface area contributed by atoms with E-state index < -0.39 is 0 Å². The third-order valence-corrected chi connectivity index (χ3v) is 6.49. The minimum atomic E-state index is 0.272. The van der Waals surface area contributed by atoms with E-state index >= 15 is 0 Å². The van der Waals surface area contributed by atoms with Gasteiger partial charge < -0.3 is 4.90 Å². The van der Waals surface area contributed by atoms with Crippen LogP contribution < -0.4 is 0 Å². The minimum Gasteiger partial charge on any atom is -0.335 e. The average Bonchev–Trinajstić information content (AvgIpc) is 3.21. The van der Waals surface area contributed by atoms with Gasteiger partial charge in [0, 0.05) is 17.3 Å². The molecule has 22 heavy (non-hydrogen) atoms. The molecule has 1 amide bonds. The van der Waals surface area contributed by atoms with Gasteiger partial charge in [-0.2, -0.15) is 0 Å². The summed E-state index contributed by atoms with van der Waals surface area (Å²) in [7, 11) is 0. The molecule has 0 N–H and O–H groups in total. The molecule has 116 valence electrons. The van der Waals surface area contributed by atoms with Crippen molar-refractivity contribution in [2.24, 2.45) is 5.92 Å². The number of benzene rings is 1. The molecule has 1 atom stereocenters. The van der Waals surface area contributed by atoms with Crippen molar-refractivity contribution in [1.29, 1.82) is 0 Å². The highest BCUT2D eigenvalue weighted by atomic mass is 32.1. The summed E-state index contributed by atoms with van der Waals surface area (Å²) in [5.41, 5.74) is 0. The van der Waals surface area contributed by atoms with Crippen LogP contribution >= 0.6 is 11.3 Å². The maximum Gasteiger partial charge on any atom is 0.264 e. The molecule has 3 heteroatoms. The number of likely N-dealkylation sites (tertiary alicyclic amines) is 1. The SMILES string of the molecule is O=C(c1cc2ccccc2s1)N1CCC[C@@H]1C1CCCCC1. The third kappa shape index (κ3) is 2.56. The zero-order chi connectivity index (χ0) is 14.9. The summed E-state index contributed by atoms with van der Waals surface area (Å²) in [6.07, 6.45) is 9.12. The van der Waals surface area contributed by atoms with Crippen LogP contribution in [-0.4, -0.2) is 23.4 Å². The highest BCUT2D eigenvalue weighted by molar-refractivity contribution is 7.20. The Balaban J connectivity index is 1.57. The maximum atomic E-state index is 13.0. The van der Waals surface area contributed by atoms with Crippen molar-refractivity contribution >= 4 is 27.3 Å². The van der Waals surface area contributed by atoms with E-state index in [9.17, 15) is 4.79 Å². The van der Waals surface area contributed by atoms with E-state index in [1.807, 2.05) is 12.1 Å². The van der Waals surface area contributed by atoms with Crippen molar-refractivity contribution in [3.63, 3.8) is 0 Å². The number of carbonyl (C=O) groups is 1. The summed E-state index contributed by atoms with van der Waals surface area (Å²) in [6.45, 7) is 0.953.